The normalized spacial score (nSPS) is 13.5. The van der Waals surface area contributed by atoms with Gasteiger partial charge in [0.15, 0.2) is 0 Å². The van der Waals surface area contributed by atoms with Gasteiger partial charge in [0.25, 0.3) is 0 Å². The summed E-state index contributed by atoms with van der Waals surface area (Å²) in [7, 11) is 0. The van der Waals surface area contributed by atoms with Crippen molar-refractivity contribution in [1.29, 1.82) is 0 Å². The van der Waals surface area contributed by atoms with Crippen molar-refractivity contribution in [3.63, 3.8) is 0 Å². The third-order valence-corrected chi connectivity index (χ3v) is 2.63. The molecule has 1 aromatic rings. The Kier molecular flexibility index (Phi) is 5.01. The zero-order chi connectivity index (χ0) is 12.9. The maximum Gasteiger partial charge on any atom is 0.120 e. The molecule has 1 aromatic carbocycles. The highest BCUT2D eigenvalue weighted by atomic mass is 16.5. The summed E-state index contributed by atoms with van der Waals surface area (Å²) in [6.45, 7) is 11.6. The number of rotatable bonds is 5. The molecule has 0 radical (unpaired) electrons. The number of hydrogen-bond donors (Lipinski definition) is 1. The quantitative estimate of drug-likeness (QED) is 0.839. The van der Waals surface area contributed by atoms with Crippen molar-refractivity contribution in [1.82, 2.24) is 5.32 Å². The van der Waals surface area contributed by atoms with Crippen LogP contribution in [0, 0.1) is 0 Å². The second-order valence-electron chi connectivity index (χ2n) is 5.59. The highest BCUT2D eigenvalue weighted by molar-refractivity contribution is 5.28. The molecule has 1 rings (SSSR count). The smallest absolute Gasteiger partial charge is 0.120 e. The van der Waals surface area contributed by atoms with Crippen molar-refractivity contribution in [3.05, 3.63) is 29.8 Å². The SMILES string of the molecule is CCC(C)Oc1cccc(CNC(C)(C)C)c1. The van der Waals surface area contributed by atoms with E-state index in [-0.39, 0.29) is 11.6 Å². The van der Waals surface area contributed by atoms with E-state index in [1.54, 1.807) is 0 Å². The Balaban J connectivity index is 2.60. The van der Waals surface area contributed by atoms with Crippen LogP contribution in [0.1, 0.15) is 46.6 Å². The van der Waals surface area contributed by atoms with Crippen LogP contribution in [0.15, 0.2) is 24.3 Å². The minimum Gasteiger partial charge on any atom is -0.491 e. The Bertz CT molecular complexity index is 341. The lowest BCUT2D eigenvalue weighted by Crippen LogP contribution is -2.35. The van der Waals surface area contributed by atoms with E-state index in [9.17, 15) is 0 Å². The molecule has 96 valence electrons. The fraction of sp³-hybridized carbons (Fsp3) is 0.600. The molecule has 2 nitrogen and oxygen atoms in total. The average molecular weight is 235 g/mol. The first-order valence-electron chi connectivity index (χ1n) is 6.41. The molecule has 0 heterocycles. The predicted molar refractivity (Wildman–Crippen MR) is 73.4 cm³/mol. The van der Waals surface area contributed by atoms with Gasteiger partial charge in [-0.1, -0.05) is 19.1 Å². The molecule has 0 aliphatic carbocycles. The summed E-state index contributed by atoms with van der Waals surface area (Å²) in [5.74, 6) is 0.965. The summed E-state index contributed by atoms with van der Waals surface area (Å²) in [5.41, 5.74) is 1.41. The highest BCUT2D eigenvalue weighted by Crippen LogP contribution is 2.16. The highest BCUT2D eigenvalue weighted by Gasteiger charge is 2.08. The van der Waals surface area contributed by atoms with E-state index < -0.39 is 0 Å². The molecule has 0 aliphatic heterocycles. The van der Waals surface area contributed by atoms with Gasteiger partial charge in [-0.3, -0.25) is 0 Å². The Labute approximate surface area is 105 Å². The first-order chi connectivity index (χ1) is 7.90. The van der Waals surface area contributed by atoms with Crippen LogP contribution in [0.25, 0.3) is 0 Å². The van der Waals surface area contributed by atoms with Gasteiger partial charge in [0.05, 0.1) is 6.10 Å². The summed E-state index contributed by atoms with van der Waals surface area (Å²) in [6.07, 6.45) is 1.31. The summed E-state index contributed by atoms with van der Waals surface area (Å²) < 4.78 is 5.81. The maximum absolute atomic E-state index is 5.81. The van der Waals surface area contributed by atoms with E-state index in [2.05, 4.69) is 58.1 Å². The summed E-state index contributed by atoms with van der Waals surface area (Å²) in [5, 5.41) is 3.48. The second kappa shape index (κ2) is 6.06. The van der Waals surface area contributed by atoms with Crippen molar-refractivity contribution in [2.75, 3.05) is 0 Å². The Morgan fingerprint density at radius 1 is 1.29 bits per heavy atom. The minimum atomic E-state index is 0.146. The lowest BCUT2D eigenvalue weighted by Gasteiger charge is -2.21. The fourth-order valence-electron chi connectivity index (χ4n) is 1.41. The maximum atomic E-state index is 5.81. The van der Waals surface area contributed by atoms with Gasteiger partial charge in [-0.05, 0) is 51.8 Å². The lowest BCUT2D eigenvalue weighted by molar-refractivity contribution is 0.217. The third kappa shape index (κ3) is 5.73. The van der Waals surface area contributed by atoms with Gasteiger partial charge in [-0.25, -0.2) is 0 Å². The van der Waals surface area contributed by atoms with E-state index in [1.165, 1.54) is 5.56 Å². The van der Waals surface area contributed by atoms with Gasteiger partial charge in [0.1, 0.15) is 5.75 Å². The van der Waals surface area contributed by atoms with E-state index in [0.717, 1.165) is 18.7 Å². The number of nitrogens with one attached hydrogen (secondary N) is 1. The van der Waals surface area contributed by atoms with Crippen LogP contribution in [-0.2, 0) is 6.54 Å². The van der Waals surface area contributed by atoms with E-state index in [4.69, 9.17) is 4.74 Å². The van der Waals surface area contributed by atoms with Crippen molar-refractivity contribution in [2.24, 2.45) is 0 Å². The van der Waals surface area contributed by atoms with Gasteiger partial charge in [0, 0.05) is 12.1 Å². The second-order valence-corrected chi connectivity index (χ2v) is 5.59. The average Bonchev–Trinajstić information content (AvgIpc) is 2.26. The van der Waals surface area contributed by atoms with E-state index in [1.807, 2.05) is 6.07 Å². The molecule has 0 saturated carbocycles. The molecule has 0 aliphatic rings. The fourth-order valence-corrected chi connectivity index (χ4v) is 1.41. The Morgan fingerprint density at radius 3 is 2.59 bits per heavy atom. The largest absolute Gasteiger partial charge is 0.491 e. The third-order valence-electron chi connectivity index (χ3n) is 2.63. The monoisotopic (exact) mass is 235 g/mol. The number of ether oxygens (including phenoxy) is 1. The van der Waals surface area contributed by atoms with Crippen molar-refractivity contribution in [2.45, 2.75) is 59.2 Å². The van der Waals surface area contributed by atoms with Crippen LogP contribution in [0.4, 0.5) is 0 Å². The number of benzene rings is 1. The molecule has 0 fully saturated rings. The first kappa shape index (κ1) is 14.0. The van der Waals surface area contributed by atoms with Gasteiger partial charge in [0.2, 0.25) is 0 Å². The molecule has 1 unspecified atom stereocenters. The first-order valence-corrected chi connectivity index (χ1v) is 6.41. The van der Waals surface area contributed by atoms with E-state index >= 15 is 0 Å². The molecule has 0 spiro atoms. The standard InChI is InChI=1S/C15H25NO/c1-6-12(2)17-14-9-7-8-13(10-14)11-16-15(3,4)5/h7-10,12,16H,6,11H2,1-5H3. The molecular formula is C15H25NO. The topological polar surface area (TPSA) is 21.3 Å². The molecule has 0 bridgehead atoms. The van der Waals surface area contributed by atoms with Gasteiger partial charge in [-0.2, -0.15) is 0 Å². The molecule has 0 aromatic heterocycles. The van der Waals surface area contributed by atoms with Crippen molar-refractivity contribution < 1.29 is 4.74 Å². The van der Waals surface area contributed by atoms with Crippen LogP contribution in [0.2, 0.25) is 0 Å². The van der Waals surface area contributed by atoms with Crippen LogP contribution < -0.4 is 10.1 Å². The molecule has 2 heteroatoms. The summed E-state index contributed by atoms with van der Waals surface area (Å²) in [4.78, 5) is 0. The molecular weight excluding hydrogens is 210 g/mol. The van der Waals surface area contributed by atoms with Gasteiger partial charge >= 0.3 is 0 Å². The molecule has 0 saturated heterocycles. The van der Waals surface area contributed by atoms with Crippen LogP contribution in [-0.4, -0.2) is 11.6 Å². The molecule has 1 atom stereocenters. The summed E-state index contributed by atoms with van der Waals surface area (Å²) >= 11 is 0. The predicted octanol–water partition coefficient (Wildman–Crippen LogP) is 3.75. The molecule has 17 heavy (non-hydrogen) atoms. The molecule has 0 amide bonds. The molecule has 1 N–H and O–H groups in total. The Hall–Kier alpha value is -1.02. The number of hydrogen-bond acceptors (Lipinski definition) is 2. The van der Waals surface area contributed by atoms with Crippen molar-refractivity contribution >= 4 is 0 Å². The van der Waals surface area contributed by atoms with Gasteiger partial charge < -0.3 is 10.1 Å². The minimum absolute atomic E-state index is 0.146. The summed E-state index contributed by atoms with van der Waals surface area (Å²) in [6, 6.07) is 8.32. The Morgan fingerprint density at radius 2 is 2.00 bits per heavy atom. The van der Waals surface area contributed by atoms with Crippen LogP contribution in [0.5, 0.6) is 5.75 Å². The van der Waals surface area contributed by atoms with Crippen molar-refractivity contribution in [3.8, 4) is 5.75 Å². The van der Waals surface area contributed by atoms with Crippen LogP contribution >= 0.6 is 0 Å². The zero-order valence-corrected chi connectivity index (χ0v) is 11.7. The van der Waals surface area contributed by atoms with Gasteiger partial charge in [-0.15, -0.1) is 0 Å². The zero-order valence-electron chi connectivity index (χ0n) is 11.7. The van der Waals surface area contributed by atoms with E-state index in [0.29, 0.717) is 0 Å². The lowest BCUT2D eigenvalue weighted by atomic mass is 10.1. The van der Waals surface area contributed by atoms with Crippen LogP contribution in [0.3, 0.4) is 0 Å².